The Kier molecular flexibility index (Phi) is 5.79. The van der Waals surface area contributed by atoms with Gasteiger partial charge in [-0.25, -0.2) is 0 Å². The Morgan fingerprint density at radius 3 is 2.58 bits per heavy atom. The van der Waals surface area contributed by atoms with Crippen LogP contribution < -0.4 is 10.9 Å². The molecule has 0 saturated heterocycles. The third kappa shape index (κ3) is 4.49. The van der Waals surface area contributed by atoms with Crippen LogP contribution in [-0.2, 0) is 6.42 Å². The number of amides is 1. The Morgan fingerprint density at radius 2 is 2.05 bits per heavy atom. The summed E-state index contributed by atoms with van der Waals surface area (Å²) < 4.78 is 0.760. The summed E-state index contributed by atoms with van der Waals surface area (Å²) >= 11 is 3.37. The van der Waals surface area contributed by atoms with Crippen LogP contribution in [0.5, 0.6) is 0 Å². The smallest absolute Gasteiger partial charge is 0.261 e. The predicted octanol–water partition coefficient (Wildman–Crippen LogP) is 2.86. The number of aromatic amines is 1. The van der Waals surface area contributed by atoms with Gasteiger partial charge in [0.1, 0.15) is 5.56 Å². The molecular weight excluding hydrogens is 308 g/mol. The largest absolute Gasteiger partial charge is 0.349 e. The highest BCUT2D eigenvalue weighted by molar-refractivity contribution is 9.10. The molecular formula is C14H21BrN2O2. The van der Waals surface area contributed by atoms with Crippen molar-refractivity contribution in [2.75, 3.05) is 0 Å². The molecule has 0 unspecified atom stereocenters. The molecule has 0 aromatic carbocycles. The van der Waals surface area contributed by atoms with Crippen LogP contribution >= 0.6 is 15.9 Å². The summed E-state index contributed by atoms with van der Waals surface area (Å²) in [7, 11) is 0. The van der Waals surface area contributed by atoms with E-state index in [1.165, 1.54) is 0 Å². The monoisotopic (exact) mass is 328 g/mol. The van der Waals surface area contributed by atoms with Crippen molar-refractivity contribution in [2.45, 2.75) is 46.6 Å². The number of hydrogen-bond donors (Lipinski definition) is 2. The van der Waals surface area contributed by atoms with Crippen molar-refractivity contribution in [1.82, 2.24) is 10.3 Å². The van der Waals surface area contributed by atoms with Gasteiger partial charge in [0.05, 0.1) is 0 Å². The molecule has 0 aliphatic carbocycles. The van der Waals surface area contributed by atoms with E-state index in [0.717, 1.165) is 16.6 Å². The van der Waals surface area contributed by atoms with Crippen molar-refractivity contribution >= 4 is 21.8 Å². The minimum absolute atomic E-state index is 0.0523. The first-order valence-electron chi connectivity index (χ1n) is 6.57. The van der Waals surface area contributed by atoms with Crippen molar-refractivity contribution in [3.63, 3.8) is 0 Å². The van der Waals surface area contributed by atoms with Gasteiger partial charge in [0.2, 0.25) is 0 Å². The van der Waals surface area contributed by atoms with Crippen LogP contribution in [-0.4, -0.2) is 16.9 Å². The van der Waals surface area contributed by atoms with Crippen LogP contribution in [0.4, 0.5) is 0 Å². The lowest BCUT2D eigenvalue weighted by molar-refractivity contribution is 0.0934. The van der Waals surface area contributed by atoms with Gasteiger partial charge < -0.3 is 10.3 Å². The molecule has 1 aromatic rings. The molecule has 5 heteroatoms. The maximum atomic E-state index is 12.1. The fraction of sp³-hybridized carbons (Fsp3) is 0.571. The molecule has 1 atom stereocenters. The Bertz CT molecular complexity index is 509. The number of aromatic nitrogens is 1. The van der Waals surface area contributed by atoms with E-state index in [1.807, 2.05) is 13.8 Å². The molecule has 1 aromatic heterocycles. The highest BCUT2D eigenvalue weighted by Gasteiger charge is 2.15. The number of rotatable bonds is 5. The van der Waals surface area contributed by atoms with Gasteiger partial charge in [-0.1, -0.05) is 20.8 Å². The lowest BCUT2D eigenvalue weighted by atomic mass is 10.0. The van der Waals surface area contributed by atoms with Crippen LogP contribution in [0.1, 0.15) is 50.2 Å². The summed E-state index contributed by atoms with van der Waals surface area (Å²) in [5.41, 5.74) is 0.616. The SMILES string of the molecule is CCc1[nH]c(=O)c(C(=O)N[C@@H](C)CC(C)C)cc1Br. The number of H-pyrrole nitrogens is 1. The van der Waals surface area contributed by atoms with Gasteiger partial charge >= 0.3 is 0 Å². The molecule has 0 aliphatic heterocycles. The van der Waals surface area contributed by atoms with Crippen LogP contribution in [0.2, 0.25) is 0 Å². The molecule has 1 heterocycles. The fourth-order valence-corrected chi connectivity index (χ4v) is 2.65. The number of aryl methyl sites for hydroxylation is 1. The van der Waals surface area contributed by atoms with E-state index in [4.69, 9.17) is 0 Å². The minimum Gasteiger partial charge on any atom is -0.349 e. The quantitative estimate of drug-likeness (QED) is 0.872. The van der Waals surface area contributed by atoms with Crippen molar-refractivity contribution in [2.24, 2.45) is 5.92 Å². The molecule has 1 amide bonds. The zero-order valence-electron chi connectivity index (χ0n) is 11.8. The van der Waals surface area contributed by atoms with Crippen LogP contribution in [0.3, 0.4) is 0 Å². The first kappa shape index (κ1) is 16.0. The molecule has 106 valence electrons. The number of carbonyl (C=O) groups excluding carboxylic acids is 1. The number of pyridine rings is 1. The summed E-state index contributed by atoms with van der Waals surface area (Å²) in [5.74, 6) is 0.181. The fourth-order valence-electron chi connectivity index (χ4n) is 2.04. The van der Waals surface area contributed by atoms with Crippen molar-refractivity contribution in [1.29, 1.82) is 0 Å². The summed E-state index contributed by atoms with van der Waals surface area (Å²) in [5, 5.41) is 2.85. The van der Waals surface area contributed by atoms with Crippen molar-refractivity contribution in [3.8, 4) is 0 Å². The summed E-state index contributed by atoms with van der Waals surface area (Å²) in [6, 6.07) is 1.64. The molecule has 0 bridgehead atoms. The maximum absolute atomic E-state index is 12.1. The standard InChI is InChI=1S/C14H21BrN2O2/c1-5-12-11(15)7-10(14(19)17-12)13(18)16-9(4)6-8(2)3/h7-9H,5-6H2,1-4H3,(H,16,18)(H,17,19)/t9-/m0/s1. The topological polar surface area (TPSA) is 62.0 Å². The van der Waals surface area contributed by atoms with Gasteiger partial charge in [-0.15, -0.1) is 0 Å². The van der Waals surface area contributed by atoms with Gasteiger partial charge in [0.25, 0.3) is 11.5 Å². The zero-order valence-corrected chi connectivity index (χ0v) is 13.4. The van der Waals surface area contributed by atoms with Crippen molar-refractivity contribution in [3.05, 3.63) is 32.2 Å². The molecule has 0 fully saturated rings. The highest BCUT2D eigenvalue weighted by Crippen LogP contribution is 2.14. The second kappa shape index (κ2) is 6.89. The average Bonchev–Trinajstić information content (AvgIpc) is 2.30. The first-order valence-corrected chi connectivity index (χ1v) is 7.37. The van der Waals surface area contributed by atoms with E-state index in [2.05, 4.69) is 40.1 Å². The summed E-state index contributed by atoms with van der Waals surface area (Å²) in [6.45, 7) is 8.09. The van der Waals surface area contributed by atoms with Crippen molar-refractivity contribution < 1.29 is 4.79 Å². The van der Waals surface area contributed by atoms with Gasteiger partial charge in [0, 0.05) is 16.2 Å². The molecule has 1 rings (SSSR count). The van der Waals surface area contributed by atoms with E-state index in [9.17, 15) is 9.59 Å². The van der Waals surface area contributed by atoms with Crippen LogP contribution in [0.25, 0.3) is 0 Å². The zero-order chi connectivity index (χ0) is 14.6. The normalized spacial score (nSPS) is 12.5. The Balaban J connectivity index is 2.89. The summed E-state index contributed by atoms with van der Waals surface area (Å²) in [6.07, 6.45) is 1.60. The lowest BCUT2D eigenvalue weighted by Gasteiger charge is -2.16. The Hall–Kier alpha value is -1.10. The molecule has 0 saturated carbocycles. The van der Waals surface area contributed by atoms with E-state index in [0.29, 0.717) is 12.3 Å². The number of hydrogen-bond acceptors (Lipinski definition) is 2. The lowest BCUT2D eigenvalue weighted by Crippen LogP contribution is -2.36. The average molecular weight is 329 g/mol. The number of halogens is 1. The van der Waals surface area contributed by atoms with E-state index in [-0.39, 0.29) is 23.1 Å². The number of nitrogens with one attached hydrogen (secondary N) is 2. The number of carbonyl (C=O) groups is 1. The highest BCUT2D eigenvalue weighted by atomic mass is 79.9. The Morgan fingerprint density at radius 1 is 1.42 bits per heavy atom. The second-order valence-corrected chi connectivity index (χ2v) is 6.05. The molecule has 4 nitrogen and oxygen atoms in total. The molecule has 0 spiro atoms. The summed E-state index contributed by atoms with van der Waals surface area (Å²) in [4.78, 5) is 26.6. The minimum atomic E-state index is -0.339. The van der Waals surface area contributed by atoms with E-state index < -0.39 is 0 Å². The molecule has 0 aliphatic rings. The predicted molar refractivity (Wildman–Crippen MR) is 80.5 cm³/mol. The van der Waals surface area contributed by atoms with E-state index in [1.54, 1.807) is 6.07 Å². The Labute approximate surface area is 122 Å². The van der Waals surface area contributed by atoms with Crippen LogP contribution in [0.15, 0.2) is 15.3 Å². The third-order valence-corrected chi connectivity index (χ3v) is 3.58. The molecule has 19 heavy (non-hydrogen) atoms. The third-order valence-electron chi connectivity index (χ3n) is 2.87. The maximum Gasteiger partial charge on any atom is 0.261 e. The van der Waals surface area contributed by atoms with Crippen LogP contribution in [0, 0.1) is 5.92 Å². The first-order chi connectivity index (χ1) is 8.85. The molecule has 2 N–H and O–H groups in total. The second-order valence-electron chi connectivity index (χ2n) is 5.20. The van der Waals surface area contributed by atoms with Gasteiger partial charge in [0.15, 0.2) is 0 Å². The van der Waals surface area contributed by atoms with Gasteiger partial charge in [-0.05, 0) is 47.7 Å². The van der Waals surface area contributed by atoms with E-state index >= 15 is 0 Å². The van der Waals surface area contributed by atoms with Gasteiger partial charge in [-0.2, -0.15) is 0 Å². The molecule has 0 radical (unpaired) electrons. The van der Waals surface area contributed by atoms with Gasteiger partial charge in [-0.3, -0.25) is 9.59 Å².